The standard InChI is InChI=1S/C35H64N4O19/c1-17(42)18(8-6-7-11-36)38-39-23(44)10-5-3-2-4-9-22(43)37-12-13-53-34-31(52)32(58-35-30(51)28(49)25(46)20(15-41)56-35)26(47)21(57-34)16-54-33-29(50)27(48)24(45)19(14-40)55-33/h18-21,24-35,38,40-41,45-52H,2-16,36H2,1H3,(H,37,43)(H,39,44)/t18-,19+,20+,21+,24+,25+,26+,27-,28-,29-,30-,31+,32-,33-,34+,35+/m0/s1. The first-order valence-electron chi connectivity index (χ1n) is 19.7. The number of ketones is 1. The molecule has 0 aromatic heterocycles. The van der Waals surface area contributed by atoms with E-state index in [1.807, 2.05) is 0 Å². The zero-order chi connectivity index (χ0) is 42.9. The van der Waals surface area contributed by atoms with Gasteiger partial charge < -0.3 is 90.5 Å². The Morgan fingerprint density at radius 3 is 1.78 bits per heavy atom. The van der Waals surface area contributed by atoms with Gasteiger partial charge >= 0.3 is 0 Å². The minimum atomic E-state index is -1.90. The molecule has 2 amide bonds. The van der Waals surface area contributed by atoms with E-state index < -0.39 is 118 Å². The van der Waals surface area contributed by atoms with Crippen LogP contribution in [0.25, 0.3) is 0 Å². The highest BCUT2D eigenvalue weighted by molar-refractivity contribution is 5.82. The Balaban J connectivity index is 1.48. The first-order chi connectivity index (χ1) is 27.6. The number of hydrogen-bond acceptors (Lipinski definition) is 21. The van der Waals surface area contributed by atoms with Crippen molar-refractivity contribution in [2.45, 2.75) is 163 Å². The van der Waals surface area contributed by atoms with Crippen molar-refractivity contribution in [3.05, 3.63) is 0 Å². The monoisotopic (exact) mass is 844 g/mol. The number of carbonyl (C=O) groups is 3. The van der Waals surface area contributed by atoms with Gasteiger partial charge in [0.15, 0.2) is 18.9 Å². The van der Waals surface area contributed by atoms with Crippen LogP contribution in [-0.4, -0.2) is 206 Å². The van der Waals surface area contributed by atoms with Crippen LogP contribution in [0.5, 0.6) is 0 Å². The number of hydrogen-bond donors (Lipinski definition) is 14. The summed E-state index contributed by atoms with van der Waals surface area (Å²) < 4.78 is 33.3. The second-order valence-electron chi connectivity index (χ2n) is 14.6. The van der Waals surface area contributed by atoms with Crippen LogP contribution in [0.2, 0.25) is 0 Å². The Bertz CT molecular complexity index is 1220. The lowest BCUT2D eigenvalue weighted by atomic mass is 9.96. The van der Waals surface area contributed by atoms with Crippen molar-refractivity contribution in [1.82, 2.24) is 16.2 Å². The molecule has 0 aromatic rings. The summed E-state index contributed by atoms with van der Waals surface area (Å²) in [6, 6.07) is -0.479. The van der Waals surface area contributed by atoms with E-state index in [0.29, 0.717) is 38.6 Å². The molecule has 0 unspecified atom stereocenters. The van der Waals surface area contributed by atoms with Crippen molar-refractivity contribution in [3.63, 3.8) is 0 Å². The second kappa shape index (κ2) is 25.6. The molecule has 15 N–H and O–H groups in total. The lowest BCUT2D eigenvalue weighted by Crippen LogP contribution is -2.65. The van der Waals surface area contributed by atoms with Gasteiger partial charge in [0.25, 0.3) is 0 Å². The fraction of sp³-hybridized carbons (Fsp3) is 0.914. The van der Waals surface area contributed by atoms with Gasteiger partial charge in [-0.2, -0.15) is 0 Å². The van der Waals surface area contributed by atoms with Gasteiger partial charge in [-0.1, -0.05) is 19.3 Å². The molecule has 0 bridgehead atoms. The first-order valence-corrected chi connectivity index (χ1v) is 19.7. The molecular formula is C35H64N4O19. The van der Waals surface area contributed by atoms with Gasteiger partial charge in [0, 0.05) is 19.4 Å². The molecule has 58 heavy (non-hydrogen) atoms. The third kappa shape index (κ3) is 14.8. The highest BCUT2D eigenvalue weighted by Gasteiger charge is 2.52. The molecule has 23 nitrogen and oxygen atoms in total. The summed E-state index contributed by atoms with van der Waals surface area (Å²) in [6.45, 7) is -0.433. The van der Waals surface area contributed by atoms with Crippen molar-refractivity contribution in [2.75, 3.05) is 39.5 Å². The smallest absolute Gasteiger partial charge is 0.234 e. The lowest BCUT2D eigenvalue weighted by Gasteiger charge is -2.46. The van der Waals surface area contributed by atoms with E-state index in [-0.39, 0.29) is 43.6 Å². The number of Topliss-reactive ketones (excluding diaryl/α,β-unsaturated/α-hetero) is 1. The van der Waals surface area contributed by atoms with E-state index in [0.717, 1.165) is 12.8 Å². The quantitative estimate of drug-likeness (QED) is 0.0300. The van der Waals surface area contributed by atoms with E-state index in [2.05, 4.69) is 16.2 Å². The Morgan fingerprint density at radius 1 is 0.638 bits per heavy atom. The van der Waals surface area contributed by atoms with E-state index in [1.165, 1.54) is 6.92 Å². The number of nitrogens with two attached hydrogens (primary N) is 1. The fourth-order valence-electron chi connectivity index (χ4n) is 6.55. The molecular weight excluding hydrogens is 780 g/mol. The van der Waals surface area contributed by atoms with Crippen molar-refractivity contribution in [2.24, 2.45) is 5.73 Å². The third-order valence-electron chi connectivity index (χ3n) is 10.1. The van der Waals surface area contributed by atoms with Crippen LogP contribution in [0.15, 0.2) is 0 Å². The minimum absolute atomic E-state index is 0.0428. The molecule has 3 heterocycles. The van der Waals surface area contributed by atoms with Gasteiger partial charge in [0.1, 0.15) is 79.0 Å². The number of nitrogens with one attached hydrogen (secondary N) is 3. The highest BCUT2D eigenvalue weighted by atomic mass is 16.7. The molecule has 0 aromatic carbocycles. The predicted molar refractivity (Wildman–Crippen MR) is 194 cm³/mol. The summed E-state index contributed by atoms with van der Waals surface area (Å²) in [7, 11) is 0. The van der Waals surface area contributed by atoms with Gasteiger partial charge in [-0.25, -0.2) is 5.43 Å². The molecule has 3 saturated heterocycles. The topological polar surface area (TPSA) is 371 Å². The zero-order valence-electron chi connectivity index (χ0n) is 32.6. The number of amides is 2. The third-order valence-corrected chi connectivity index (χ3v) is 10.1. The van der Waals surface area contributed by atoms with Gasteiger partial charge in [-0.05, 0) is 39.2 Å². The molecule has 0 spiro atoms. The van der Waals surface area contributed by atoms with Crippen molar-refractivity contribution in [1.29, 1.82) is 0 Å². The SMILES string of the molecule is CC(=O)[C@H](CCCCN)NNC(=O)CCCCCCC(=O)NCCO[C@@H]1O[C@H](CO[C@H]2O[C@H](CO)[C@@H](O)[C@H](O)[C@@H]2O)[C@@H](O)[C@H](O[C@H]2O[C@H](CO)[C@@H](O)[C@H](O)[C@@H]2O)[C@H]1O. The largest absolute Gasteiger partial charge is 0.394 e. The molecule has 3 aliphatic heterocycles. The highest BCUT2D eigenvalue weighted by Crippen LogP contribution is 2.31. The Hall–Kier alpha value is -2.11. The van der Waals surface area contributed by atoms with E-state index in [9.17, 15) is 65.4 Å². The maximum absolute atomic E-state index is 12.4. The molecule has 3 rings (SSSR count). The van der Waals surface area contributed by atoms with E-state index >= 15 is 0 Å². The summed E-state index contributed by atoms with van der Waals surface area (Å²) in [5.41, 5.74) is 10.8. The normalized spacial score (nSPS) is 36.0. The number of hydrazine groups is 1. The summed E-state index contributed by atoms with van der Waals surface area (Å²) in [5.74, 6) is -0.628. The van der Waals surface area contributed by atoms with Crippen LogP contribution in [0.3, 0.4) is 0 Å². The van der Waals surface area contributed by atoms with Crippen LogP contribution in [0.4, 0.5) is 0 Å². The van der Waals surface area contributed by atoms with Gasteiger partial charge in [0.2, 0.25) is 11.8 Å². The number of aliphatic hydroxyl groups is 10. The van der Waals surface area contributed by atoms with Crippen LogP contribution in [-0.2, 0) is 42.8 Å². The van der Waals surface area contributed by atoms with E-state index in [4.69, 9.17) is 34.2 Å². The predicted octanol–water partition coefficient (Wildman–Crippen LogP) is -6.38. The summed E-state index contributed by atoms with van der Waals surface area (Å²) in [5, 5.41) is 105. The Morgan fingerprint density at radius 2 is 1.19 bits per heavy atom. The van der Waals surface area contributed by atoms with Crippen molar-refractivity contribution < 1.29 is 93.9 Å². The maximum Gasteiger partial charge on any atom is 0.234 e. The first kappa shape index (κ1) is 50.2. The Kier molecular flexibility index (Phi) is 22.2. The molecule has 0 aliphatic carbocycles. The zero-order valence-corrected chi connectivity index (χ0v) is 32.6. The summed E-state index contributed by atoms with van der Waals surface area (Å²) >= 11 is 0. The van der Waals surface area contributed by atoms with Crippen LogP contribution >= 0.6 is 0 Å². The molecule has 3 aliphatic rings. The second-order valence-corrected chi connectivity index (χ2v) is 14.6. The molecule has 0 radical (unpaired) electrons. The lowest BCUT2D eigenvalue weighted by molar-refractivity contribution is -0.366. The molecule has 23 heteroatoms. The number of aliphatic hydroxyl groups excluding tert-OH is 10. The minimum Gasteiger partial charge on any atom is -0.394 e. The van der Waals surface area contributed by atoms with Gasteiger partial charge in [-0.15, -0.1) is 0 Å². The van der Waals surface area contributed by atoms with Crippen molar-refractivity contribution >= 4 is 17.6 Å². The molecule has 3 fully saturated rings. The van der Waals surface area contributed by atoms with Crippen LogP contribution in [0.1, 0.15) is 64.7 Å². The number of rotatable bonds is 25. The van der Waals surface area contributed by atoms with Crippen LogP contribution < -0.4 is 21.9 Å². The van der Waals surface area contributed by atoms with Gasteiger partial charge in [-0.3, -0.25) is 19.8 Å². The fourth-order valence-corrected chi connectivity index (χ4v) is 6.55. The maximum atomic E-state index is 12.4. The van der Waals surface area contributed by atoms with Crippen molar-refractivity contribution in [3.8, 4) is 0 Å². The summed E-state index contributed by atoms with van der Waals surface area (Å²) in [6.07, 6.45) is -20.1. The number of unbranched alkanes of at least 4 members (excludes halogenated alkanes) is 4. The molecule has 338 valence electrons. The number of ether oxygens (including phenoxy) is 6. The average molecular weight is 845 g/mol. The van der Waals surface area contributed by atoms with Gasteiger partial charge in [0.05, 0.1) is 32.5 Å². The van der Waals surface area contributed by atoms with E-state index in [1.54, 1.807) is 0 Å². The average Bonchev–Trinajstić information content (AvgIpc) is 3.20. The summed E-state index contributed by atoms with van der Waals surface area (Å²) in [4.78, 5) is 36.4. The molecule has 0 saturated carbocycles. The Labute approximate surface area is 335 Å². The molecule has 16 atom stereocenters. The van der Waals surface area contributed by atoms with Crippen LogP contribution in [0, 0.1) is 0 Å². The number of carbonyl (C=O) groups excluding carboxylic acids is 3.